The van der Waals surface area contributed by atoms with E-state index in [0.29, 0.717) is 10.8 Å². The summed E-state index contributed by atoms with van der Waals surface area (Å²) in [5.41, 5.74) is 0. The van der Waals surface area contributed by atoms with E-state index in [-0.39, 0.29) is 24.0 Å². The molecule has 1 atom stereocenters. The number of hydrogen-bond donors (Lipinski definition) is 2. The predicted octanol–water partition coefficient (Wildman–Crippen LogP) is 3.51. The highest BCUT2D eigenvalue weighted by atomic mass is 127. The van der Waals surface area contributed by atoms with Gasteiger partial charge in [-0.2, -0.15) is 0 Å². The van der Waals surface area contributed by atoms with E-state index >= 15 is 0 Å². The molecule has 1 heterocycles. The molecule has 1 saturated carbocycles. The maximum absolute atomic E-state index is 4.93. The fourth-order valence-electron chi connectivity index (χ4n) is 3.63. The van der Waals surface area contributed by atoms with E-state index in [1.54, 1.807) is 0 Å². The Morgan fingerprint density at radius 3 is 2.38 bits per heavy atom. The molecule has 0 spiro atoms. The molecule has 2 fully saturated rings. The van der Waals surface area contributed by atoms with Crippen LogP contribution in [0.4, 0.5) is 0 Å². The number of aliphatic imine (C=N–C) groups is 1. The van der Waals surface area contributed by atoms with E-state index in [2.05, 4.69) is 71.5 Å². The van der Waals surface area contributed by atoms with Crippen molar-refractivity contribution in [2.45, 2.75) is 49.3 Å². The van der Waals surface area contributed by atoms with Gasteiger partial charge in [-0.1, -0.05) is 25.1 Å². The molecule has 1 unspecified atom stereocenters. The van der Waals surface area contributed by atoms with E-state index in [4.69, 9.17) is 4.99 Å². The van der Waals surface area contributed by atoms with Crippen LogP contribution in [0.25, 0.3) is 0 Å². The van der Waals surface area contributed by atoms with Crippen LogP contribution in [0.15, 0.2) is 40.2 Å². The van der Waals surface area contributed by atoms with Gasteiger partial charge in [0.2, 0.25) is 0 Å². The molecule has 0 amide bonds. The first-order chi connectivity index (χ1) is 13.6. The van der Waals surface area contributed by atoms with Gasteiger partial charge < -0.3 is 15.5 Å². The van der Waals surface area contributed by atoms with E-state index in [9.17, 15) is 0 Å². The Kier molecular flexibility index (Phi) is 10.6. The smallest absolute Gasteiger partial charge is 0.191 e. The summed E-state index contributed by atoms with van der Waals surface area (Å²) in [6.07, 6.45) is 2.52. The lowest BCUT2D eigenvalue weighted by molar-refractivity contribution is 0.107. The Balaban J connectivity index is 0.00000300. The SMILES string of the molecule is CCNC(=NCC1(Sc2ccccc2)CC1)NCC(C)N1CCN(CC)CC1.I. The van der Waals surface area contributed by atoms with Gasteiger partial charge in [-0.25, -0.2) is 0 Å². The molecule has 1 aromatic rings. The fraction of sp³-hybridized carbons (Fsp3) is 0.682. The van der Waals surface area contributed by atoms with E-state index in [1.807, 2.05) is 11.8 Å². The Bertz CT molecular complexity index is 615. The minimum absolute atomic E-state index is 0. The molecule has 5 nitrogen and oxygen atoms in total. The molecular formula is C22H38IN5S. The summed E-state index contributed by atoms with van der Waals surface area (Å²) >= 11 is 1.99. The Labute approximate surface area is 198 Å². The van der Waals surface area contributed by atoms with Gasteiger partial charge in [0.15, 0.2) is 5.96 Å². The van der Waals surface area contributed by atoms with Gasteiger partial charge >= 0.3 is 0 Å². The zero-order valence-corrected chi connectivity index (χ0v) is 21.3. The number of thioether (sulfide) groups is 1. The Hall–Kier alpha value is -0.510. The monoisotopic (exact) mass is 531 g/mol. The summed E-state index contributed by atoms with van der Waals surface area (Å²) in [6.45, 7) is 15.3. The molecule has 164 valence electrons. The van der Waals surface area contributed by atoms with Gasteiger partial charge in [-0.05, 0) is 45.4 Å². The topological polar surface area (TPSA) is 42.9 Å². The largest absolute Gasteiger partial charge is 0.357 e. The lowest BCUT2D eigenvalue weighted by Gasteiger charge is -2.37. The maximum Gasteiger partial charge on any atom is 0.191 e. The first kappa shape index (κ1) is 24.8. The van der Waals surface area contributed by atoms with E-state index in [1.165, 1.54) is 50.5 Å². The zero-order chi connectivity index (χ0) is 19.8. The molecule has 0 aromatic heterocycles. The van der Waals surface area contributed by atoms with Crippen molar-refractivity contribution < 1.29 is 0 Å². The highest BCUT2D eigenvalue weighted by molar-refractivity contribution is 14.0. The van der Waals surface area contributed by atoms with Gasteiger partial charge in [0.05, 0.1) is 6.54 Å². The molecule has 0 bridgehead atoms. The van der Waals surface area contributed by atoms with Crippen molar-refractivity contribution in [2.24, 2.45) is 4.99 Å². The van der Waals surface area contributed by atoms with Crippen LogP contribution in [0.3, 0.4) is 0 Å². The lowest BCUT2D eigenvalue weighted by atomic mass is 10.2. The average molecular weight is 532 g/mol. The van der Waals surface area contributed by atoms with Crippen LogP contribution in [0.1, 0.15) is 33.6 Å². The average Bonchev–Trinajstić information content (AvgIpc) is 3.50. The summed E-state index contributed by atoms with van der Waals surface area (Å²) in [4.78, 5) is 11.4. The second kappa shape index (κ2) is 12.4. The van der Waals surface area contributed by atoms with Crippen molar-refractivity contribution in [2.75, 3.05) is 52.4 Å². The van der Waals surface area contributed by atoms with Gasteiger partial charge in [0, 0.05) is 55.0 Å². The highest BCUT2D eigenvalue weighted by Gasteiger charge is 2.43. The molecule has 2 N–H and O–H groups in total. The summed E-state index contributed by atoms with van der Waals surface area (Å²) in [7, 11) is 0. The second-order valence-corrected chi connectivity index (χ2v) is 9.53. The molecule has 7 heteroatoms. The Morgan fingerprint density at radius 2 is 1.79 bits per heavy atom. The van der Waals surface area contributed by atoms with Crippen LogP contribution in [0.5, 0.6) is 0 Å². The van der Waals surface area contributed by atoms with Crippen LogP contribution < -0.4 is 10.6 Å². The van der Waals surface area contributed by atoms with Gasteiger partial charge in [-0.15, -0.1) is 35.7 Å². The normalized spacial score (nSPS) is 20.6. The first-order valence-electron chi connectivity index (χ1n) is 10.9. The summed E-state index contributed by atoms with van der Waals surface area (Å²) in [6, 6.07) is 11.3. The number of benzene rings is 1. The predicted molar refractivity (Wildman–Crippen MR) is 137 cm³/mol. The second-order valence-electron chi connectivity index (χ2n) is 7.99. The first-order valence-corrected chi connectivity index (χ1v) is 11.7. The number of piperazine rings is 1. The number of rotatable bonds is 9. The van der Waals surface area contributed by atoms with Gasteiger partial charge in [0.25, 0.3) is 0 Å². The quantitative estimate of drug-likeness (QED) is 0.290. The van der Waals surface area contributed by atoms with Crippen LogP contribution in [0.2, 0.25) is 0 Å². The van der Waals surface area contributed by atoms with Crippen LogP contribution >= 0.6 is 35.7 Å². The van der Waals surface area contributed by atoms with Gasteiger partial charge in [0.1, 0.15) is 0 Å². The van der Waals surface area contributed by atoms with Gasteiger partial charge in [-0.3, -0.25) is 9.89 Å². The molecule has 1 aliphatic heterocycles. The molecule has 29 heavy (non-hydrogen) atoms. The number of nitrogens with one attached hydrogen (secondary N) is 2. The van der Waals surface area contributed by atoms with Crippen molar-refractivity contribution in [3.63, 3.8) is 0 Å². The van der Waals surface area contributed by atoms with Crippen molar-refractivity contribution in [1.82, 2.24) is 20.4 Å². The minimum Gasteiger partial charge on any atom is -0.357 e. The van der Waals surface area contributed by atoms with Crippen LogP contribution in [-0.4, -0.2) is 78.9 Å². The number of halogens is 1. The molecule has 0 radical (unpaired) electrons. The molecule has 3 rings (SSSR count). The number of nitrogens with zero attached hydrogens (tertiary/aromatic N) is 3. The van der Waals surface area contributed by atoms with Crippen molar-refractivity contribution in [3.8, 4) is 0 Å². The third-order valence-electron chi connectivity index (χ3n) is 5.80. The molecule has 1 saturated heterocycles. The highest BCUT2D eigenvalue weighted by Crippen LogP contribution is 2.51. The Morgan fingerprint density at radius 1 is 1.10 bits per heavy atom. The lowest BCUT2D eigenvalue weighted by Crippen LogP contribution is -2.53. The summed E-state index contributed by atoms with van der Waals surface area (Å²) in [5, 5.41) is 7.01. The number of guanidine groups is 1. The zero-order valence-electron chi connectivity index (χ0n) is 18.2. The van der Waals surface area contributed by atoms with Crippen LogP contribution in [0, 0.1) is 0 Å². The number of hydrogen-bond acceptors (Lipinski definition) is 4. The summed E-state index contributed by atoms with van der Waals surface area (Å²) < 4.78 is 0.297. The summed E-state index contributed by atoms with van der Waals surface area (Å²) in [5.74, 6) is 0.960. The molecule has 1 aliphatic carbocycles. The van der Waals surface area contributed by atoms with E-state index in [0.717, 1.165) is 25.6 Å². The maximum atomic E-state index is 4.93. The van der Waals surface area contributed by atoms with Crippen molar-refractivity contribution in [1.29, 1.82) is 0 Å². The van der Waals surface area contributed by atoms with Crippen molar-refractivity contribution in [3.05, 3.63) is 30.3 Å². The fourth-order valence-corrected chi connectivity index (χ4v) is 4.86. The van der Waals surface area contributed by atoms with Crippen molar-refractivity contribution >= 4 is 41.7 Å². The third kappa shape index (κ3) is 7.92. The number of likely N-dealkylation sites (N-methyl/N-ethyl adjacent to an activating group) is 1. The standard InChI is InChI=1S/C22H37N5S.HI/c1-4-23-21(24-17-19(3)27-15-13-26(5-2)14-16-27)25-18-22(11-12-22)28-20-9-7-6-8-10-20;/h6-10,19H,4-5,11-18H2,1-3H3,(H2,23,24,25);1H. The minimum atomic E-state index is 0. The molecular weight excluding hydrogens is 493 g/mol. The van der Waals surface area contributed by atoms with E-state index < -0.39 is 0 Å². The molecule has 1 aromatic carbocycles. The van der Waals surface area contributed by atoms with Crippen LogP contribution in [-0.2, 0) is 0 Å². The third-order valence-corrected chi connectivity index (χ3v) is 7.28. The molecule has 2 aliphatic rings.